The molecule has 2 aliphatic rings. The lowest BCUT2D eigenvalue weighted by molar-refractivity contribution is -0.117. The van der Waals surface area contributed by atoms with Gasteiger partial charge in [0.15, 0.2) is 0 Å². The van der Waals surface area contributed by atoms with Crippen LogP contribution in [0, 0.1) is 0 Å². The molecule has 0 saturated carbocycles. The molecule has 2 saturated heterocycles. The Morgan fingerprint density at radius 2 is 1.81 bits per heavy atom. The molecule has 0 aliphatic carbocycles. The van der Waals surface area contributed by atoms with Crippen LogP contribution in [-0.2, 0) is 11.3 Å². The Morgan fingerprint density at radius 1 is 1.03 bits per heavy atom. The van der Waals surface area contributed by atoms with Gasteiger partial charge in [0.1, 0.15) is 5.82 Å². The monoisotopic (exact) mass is 479 g/mol. The van der Waals surface area contributed by atoms with E-state index >= 15 is 0 Å². The molecule has 0 unspecified atom stereocenters. The van der Waals surface area contributed by atoms with Crippen LogP contribution in [-0.4, -0.2) is 78.0 Å². The zero-order valence-corrected chi connectivity index (χ0v) is 19.7. The number of hydrogen-bond donors (Lipinski definition) is 1. The topological polar surface area (TPSA) is 51.7 Å². The van der Waals surface area contributed by atoms with Gasteiger partial charge >= 0.3 is 0 Å². The summed E-state index contributed by atoms with van der Waals surface area (Å²) in [6, 6.07) is 9.91. The molecule has 2 aliphatic heterocycles. The van der Waals surface area contributed by atoms with Crippen molar-refractivity contribution in [3.8, 4) is 0 Å². The third kappa shape index (κ3) is 6.49. The summed E-state index contributed by atoms with van der Waals surface area (Å²) >= 11 is 14.2. The van der Waals surface area contributed by atoms with E-state index in [1.807, 2.05) is 23.9 Å². The van der Waals surface area contributed by atoms with Crippen molar-refractivity contribution in [3.05, 3.63) is 52.1 Å². The Labute approximate surface area is 197 Å². The second-order valence-corrected chi connectivity index (χ2v) is 9.93. The van der Waals surface area contributed by atoms with Crippen LogP contribution in [0.2, 0.25) is 10.0 Å². The highest BCUT2D eigenvalue weighted by Crippen LogP contribution is 2.26. The molecule has 6 nitrogen and oxygen atoms in total. The largest absolute Gasteiger partial charge is 0.353 e. The van der Waals surface area contributed by atoms with Gasteiger partial charge in [0.25, 0.3) is 0 Å². The molecule has 3 heterocycles. The van der Waals surface area contributed by atoms with Crippen LogP contribution >= 0.6 is 35.0 Å². The molecule has 1 N–H and O–H groups in total. The zero-order chi connectivity index (χ0) is 21.6. The van der Waals surface area contributed by atoms with Crippen molar-refractivity contribution < 1.29 is 4.79 Å². The number of aromatic nitrogens is 1. The predicted octanol–water partition coefficient (Wildman–Crippen LogP) is 3.70. The first-order valence-corrected chi connectivity index (χ1v) is 12.4. The number of piperazine rings is 1. The fourth-order valence-corrected chi connectivity index (χ4v) is 5.40. The average Bonchev–Trinajstić information content (AvgIpc) is 2.75. The molecule has 9 heteroatoms. The summed E-state index contributed by atoms with van der Waals surface area (Å²) in [4.78, 5) is 23.7. The van der Waals surface area contributed by atoms with Crippen molar-refractivity contribution in [1.29, 1.82) is 0 Å². The smallest absolute Gasteiger partial charge is 0.238 e. The number of halogens is 2. The molecule has 166 valence electrons. The molecule has 1 amide bonds. The summed E-state index contributed by atoms with van der Waals surface area (Å²) in [6.45, 7) is 6.67. The molecule has 0 atom stereocenters. The first-order chi connectivity index (χ1) is 15.1. The number of thioether (sulfide) groups is 1. The molecule has 1 aromatic carbocycles. The van der Waals surface area contributed by atoms with E-state index in [0.717, 1.165) is 57.3 Å². The maximum Gasteiger partial charge on any atom is 0.238 e. The zero-order valence-electron chi connectivity index (χ0n) is 17.4. The van der Waals surface area contributed by atoms with Crippen molar-refractivity contribution in [1.82, 2.24) is 14.8 Å². The summed E-state index contributed by atoms with van der Waals surface area (Å²) in [5.41, 5.74) is 2.11. The van der Waals surface area contributed by atoms with Crippen LogP contribution in [0.5, 0.6) is 0 Å². The highest BCUT2D eigenvalue weighted by atomic mass is 35.5. The minimum Gasteiger partial charge on any atom is -0.353 e. The average molecular weight is 480 g/mol. The van der Waals surface area contributed by atoms with E-state index in [1.54, 1.807) is 12.3 Å². The molecule has 4 rings (SSSR count). The van der Waals surface area contributed by atoms with Crippen molar-refractivity contribution in [3.63, 3.8) is 0 Å². The number of nitrogens with zero attached hydrogens (tertiary/aromatic N) is 4. The summed E-state index contributed by atoms with van der Waals surface area (Å²) in [7, 11) is 0. The van der Waals surface area contributed by atoms with Gasteiger partial charge < -0.3 is 10.2 Å². The van der Waals surface area contributed by atoms with Gasteiger partial charge in [0.2, 0.25) is 5.91 Å². The van der Waals surface area contributed by atoms with E-state index in [4.69, 9.17) is 23.2 Å². The van der Waals surface area contributed by atoms with E-state index < -0.39 is 0 Å². The quantitative estimate of drug-likeness (QED) is 0.681. The molecular formula is C22H27Cl2N5OS. The normalized spacial score (nSPS) is 18.2. The van der Waals surface area contributed by atoms with Gasteiger partial charge in [0.05, 0.1) is 16.6 Å². The number of pyridine rings is 1. The van der Waals surface area contributed by atoms with Crippen molar-refractivity contribution in [2.45, 2.75) is 6.54 Å². The van der Waals surface area contributed by atoms with Gasteiger partial charge in [-0.1, -0.05) is 35.3 Å². The molecular weight excluding hydrogens is 453 g/mol. The minimum absolute atomic E-state index is 0.0163. The van der Waals surface area contributed by atoms with Crippen molar-refractivity contribution in [2.75, 3.05) is 67.5 Å². The van der Waals surface area contributed by atoms with Crippen LogP contribution in [0.25, 0.3) is 0 Å². The fraction of sp³-hybridized carbons (Fsp3) is 0.455. The van der Waals surface area contributed by atoms with Gasteiger partial charge in [-0.2, -0.15) is 11.8 Å². The molecule has 0 bridgehead atoms. The summed E-state index contributed by atoms with van der Waals surface area (Å²) in [5, 5.41) is 4.15. The maximum absolute atomic E-state index is 12.6. The van der Waals surface area contributed by atoms with Crippen molar-refractivity contribution >= 4 is 52.4 Å². The van der Waals surface area contributed by atoms with E-state index in [-0.39, 0.29) is 5.91 Å². The summed E-state index contributed by atoms with van der Waals surface area (Å²) in [6.07, 6.45) is 1.61. The number of carbonyl (C=O) groups is 1. The number of carbonyl (C=O) groups excluding carboxylic acids is 1. The lowest BCUT2D eigenvalue weighted by Crippen LogP contribution is -2.49. The third-order valence-electron chi connectivity index (χ3n) is 5.55. The van der Waals surface area contributed by atoms with E-state index in [2.05, 4.69) is 37.1 Å². The predicted molar refractivity (Wildman–Crippen MR) is 131 cm³/mol. The van der Waals surface area contributed by atoms with E-state index in [9.17, 15) is 4.79 Å². The molecule has 0 radical (unpaired) electrons. The number of benzene rings is 1. The minimum atomic E-state index is 0.0163. The van der Waals surface area contributed by atoms with E-state index in [0.29, 0.717) is 16.6 Å². The molecule has 31 heavy (non-hydrogen) atoms. The van der Waals surface area contributed by atoms with Crippen LogP contribution < -0.4 is 10.2 Å². The number of nitrogens with one attached hydrogen (secondary N) is 1. The number of amides is 1. The number of rotatable bonds is 6. The third-order valence-corrected chi connectivity index (χ3v) is 6.98. The molecule has 1 aromatic heterocycles. The Morgan fingerprint density at radius 3 is 2.55 bits per heavy atom. The van der Waals surface area contributed by atoms with Gasteiger partial charge in [-0.05, 0) is 23.8 Å². The second-order valence-electron chi connectivity index (χ2n) is 7.86. The maximum atomic E-state index is 12.6. The van der Waals surface area contributed by atoms with Gasteiger partial charge in [0, 0.05) is 69.2 Å². The molecule has 0 spiro atoms. The fourth-order valence-electron chi connectivity index (χ4n) is 3.93. The van der Waals surface area contributed by atoms with Gasteiger partial charge in [-0.3, -0.25) is 14.6 Å². The first-order valence-electron chi connectivity index (χ1n) is 10.5. The number of anilines is 2. The highest BCUT2D eigenvalue weighted by molar-refractivity contribution is 7.99. The van der Waals surface area contributed by atoms with Crippen LogP contribution in [0.15, 0.2) is 36.5 Å². The Hall–Kier alpha value is -1.51. The Kier molecular flexibility index (Phi) is 7.96. The van der Waals surface area contributed by atoms with E-state index in [1.165, 1.54) is 17.1 Å². The molecule has 2 fully saturated rings. The Bertz CT molecular complexity index is 901. The highest BCUT2D eigenvalue weighted by Gasteiger charge is 2.21. The van der Waals surface area contributed by atoms with Crippen molar-refractivity contribution in [2.24, 2.45) is 0 Å². The van der Waals surface area contributed by atoms with Crippen LogP contribution in [0.1, 0.15) is 5.56 Å². The van der Waals surface area contributed by atoms with Crippen LogP contribution in [0.4, 0.5) is 11.5 Å². The second kappa shape index (κ2) is 10.9. The van der Waals surface area contributed by atoms with Gasteiger partial charge in [-0.15, -0.1) is 0 Å². The van der Waals surface area contributed by atoms with Gasteiger partial charge in [-0.25, -0.2) is 4.98 Å². The lowest BCUT2D eigenvalue weighted by atomic mass is 10.2. The molecule has 2 aromatic rings. The Balaban J connectivity index is 1.25. The lowest BCUT2D eigenvalue weighted by Gasteiger charge is -2.35. The summed E-state index contributed by atoms with van der Waals surface area (Å²) < 4.78 is 0. The SMILES string of the molecule is O=C(CN1CCN(c2ncc(Cl)cc2Cl)CC1)Nc1cccc(CN2CCSCC2)c1. The summed E-state index contributed by atoms with van der Waals surface area (Å²) in [5.74, 6) is 3.16. The first kappa shape index (κ1) is 22.7. The standard InChI is InChI=1S/C22H27Cl2N5OS/c23-18-13-20(24)22(25-14-18)29-6-4-27(5-7-29)16-21(30)26-19-3-1-2-17(12-19)15-28-8-10-31-11-9-28/h1-3,12-14H,4-11,15-16H2,(H,26,30). The number of hydrogen-bond acceptors (Lipinski definition) is 6. The van der Waals surface area contributed by atoms with Crippen LogP contribution in [0.3, 0.4) is 0 Å².